The number of hydrogen-bond acceptors (Lipinski definition) is 2. The van der Waals surface area contributed by atoms with Gasteiger partial charge in [0.25, 0.3) is 5.91 Å². The van der Waals surface area contributed by atoms with Crippen molar-refractivity contribution in [2.24, 2.45) is 0 Å². The summed E-state index contributed by atoms with van der Waals surface area (Å²) in [6, 6.07) is 25.8. The molecule has 194 valence electrons. The minimum Gasteiger partial charge on any atom is -0.351 e. The van der Waals surface area contributed by atoms with E-state index in [2.05, 4.69) is 10.3 Å². The largest absolute Gasteiger partial charge is 0.351 e. The lowest BCUT2D eigenvalue weighted by atomic mass is 9.94. The number of amides is 2. The van der Waals surface area contributed by atoms with Crippen molar-refractivity contribution in [2.45, 2.75) is 51.1 Å². The summed E-state index contributed by atoms with van der Waals surface area (Å²) in [4.78, 5) is 33.0. The molecule has 38 heavy (non-hydrogen) atoms. The Morgan fingerprint density at radius 1 is 0.868 bits per heavy atom. The molecule has 5 rings (SSSR count). The summed E-state index contributed by atoms with van der Waals surface area (Å²) in [6.45, 7) is 1.92. The van der Waals surface area contributed by atoms with Crippen LogP contribution >= 0.6 is 0 Å². The summed E-state index contributed by atoms with van der Waals surface area (Å²) in [6.07, 6.45) is 5.13. The van der Waals surface area contributed by atoms with Crippen LogP contribution in [0.1, 0.15) is 59.8 Å². The zero-order chi connectivity index (χ0) is 26.5. The molecule has 4 aromatic rings. The molecular weight excluding hydrogens is 477 g/mol. The van der Waals surface area contributed by atoms with E-state index in [1.54, 1.807) is 23.1 Å². The van der Waals surface area contributed by atoms with E-state index in [0.717, 1.165) is 48.9 Å². The van der Waals surface area contributed by atoms with E-state index in [-0.39, 0.29) is 17.9 Å². The maximum atomic E-state index is 14.3. The molecule has 5 nitrogen and oxygen atoms in total. The third-order valence-corrected chi connectivity index (χ3v) is 7.24. The Labute approximate surface area is 222 Å². The highest BCUT2D eigenvalue weighted by molar-refractivity contribution is 6.10. The number of nitrogens with one attached hydrogen (secondary N) is 2. The fourth-order valence-corrected chi connectivity index (χ4v) is 5.22. The normalized spacial score (nSPS) is 14.6. The first-order valence-electron chi connectivity index (χ1n) is 13.2. The second-order valence-corrected chi connectivity index (χ2v) is 9.91. The number of hydrogen-bond donors (Lipinski definition) is 2. The van der Waals surface area contributed by atoms with E-state index < -0.39 is 11.9 Å². The van der Waals surface area contributed by atoms with Gasteiger partial charge in [-0.1, -0.05) is 79.9 Å². The van der Waals surface area contributed by atoms with E-state index in [0.29, 0.717) is 16.9 Å². The van der Waals surface area contributed by atoms with Crippen LogP contribution in [0.15, 0.2) is 91.0 Å². The van der Waals surface area contributed by atoms with Crippen LogP contribution in [0.4, 0.5) is 10.1 Å². The zero-order valence-electron chi connectivity index (χ0n) is 21.5. The lowest BCUT2D eigenvalue weighted by molar-refractivity contribution is -0.123. The molecule has 2 N–H and O–H groups in total. The Morgan fingerprint density at radius 2 is 1.55 bits per heavy atom. The Hall–Kier alpha value is -4.19. The Bertz CT molecular complexity index is 1390. The van der Waals surface area contributed by atoms with E-state index in [1.165, 1.54) is 12.1 Å². The van der Waals surface area contributed by atoms with Crippen molar-refractivity contribution in [3.8, 4) is 11.3 Å². The van der Waals surface area contributed by atoms with Crippen molar-refractivity contribution in [2.75, 3.05) is 4.90 Å². The molecule has 3 aromatic carbocycles. The maximum absolute atomic E-state index is 14.3. The predicted octanol–water partition coefficient (Wildman–Crippen LogP) is 6.97. The summed E-state index contributed by atoms with van der Waals surface area (Å²) in [5.41, 5.74) is 4.16. The first-order chi connectivity index (χ1) is 18.5. The monoisotopic (exact) mass is 509 g/mol. The molecule has 0 unspecified atom stereocenters. The highest BCUT2D eigenvalue weighted by Crippen LogP contribution is 2.33. The molecule has 1 saturated carbocycles. The van der Waals surface area contributed by atoms with Gasteiger partial charge in [-0.3, -0.25) is 14.5 Å². The van der Waals surface area contributed by atoms with Gasteiger partial charge in [0.2, 0.25) is 5.91 Å². The van der Waals surface area contributed by atoms with Crippen molar-refractivity contribution in [1.29, 1.82) is 0 Å². The van der Waals surface area contributed by atoms with E-state index in [4.69, 9.17) is 0 Å². The number of aryl methyl sites for hydroxylation is 1. The van der Waals surface area contributed by atoms with Gasteiger partial charge in [0, 0.05) is 17.4 Å². The van der Waals surface area contributed by atoms with Crippen LogP contribution in [0.2, 0.25) is 0 Å². The number of aromatic nitrogens is 1. The number of anilines is 1. The summed E-state index contributed by atoms with van der Waals surface area (Å²) in [7, 11) is 0. The van der Waals surface area contributed by atoms with Gasteiger partial charge in [-0.25, -0.2) is 4.39 Å². The Balaban J connectivity index is 1.58. The molecule has 0 aliphatic heterocycles. The average molecular weight is 510 g/mol. The molecule has 1 heterocycles. The van der Waals surface area contributed by atoms with Crippen LogP contribution in [0.3, 0.4) is 0 Å². The van der Waals surface area contributed by atoms with E-state index >= 15 is 0 Å². The molecule has 1 fully saturated rings. The number of rotatable bonds is 7. The molecule has 0 bridgehead atoms. The van der Waals surface area contributed by atoms with Crippen molar-refractivity contribution in [1.82, 2.24) is 10.3 Å². The third-order valence-electron chi connectivity index (χ3n) is 7.24. The second-order valence-electron chi connectivity index (χ2n) is 9.91. The predicted molar refractivity (Wildman–Crippen MR) is 148 cm³/mol. The number of H-pyrrole nitrogens is 1. The lowest BCUT2D eigenvalue weighted by Crippen LogP contribution is -2.47. The lowest BCUT2D eigenvalue weighted by Gasteiger charge is -2.34. The molecule has 6 heteroatoms. The number of aromatic amines is 1. The SMILES string of the molecule is Cc1ccccc1N(C(=O)c1ccc(-c2ccccc2)[nH]1)[C@@H](C(=O)NC1CCCCC1)c1ccc(F)cc1. The summed E-state index contributed by atoms with van der Waals surface area (Å²) in [5, 5.41) is 3.20. The van der Waals surface area contributed by atoms with Crippen LogP contribution in [-0.2, 0) is 4.79 Å². The molecule has 1 aliphatic carbocycles. The molecule has 2 amide bonds. The molecule has 1 atom stereocenters. The van der Waals surface area contributed by atoms with Gasteiger partial charge in [-0.2, -0.15) is 0 Å². The summed E-state index contributed by atoms with van der Waals surface area (Å²) in [5.74, 6) is -1.00. The number of carbonyl (C=O) groups is 2. The van der Waals surface area contributed by atoms with Gasteiger partial charge in [0.15, 0.2) is 0 Å². The Kier molecular flexibility index (Phi) is 7.68. The van der Waals surface area contributed by atoms with Crippen LogP contribution in [0, 0.1) is 12.7 Å². The van der Waals surface area contributed by atoms with Crippen molar-refractivity contribution in [3.05, 3.63) is 114 Å². The average Bonchev–Trinajstić information content (AvgIpc) is 3.44. The molecular formula is C32H32FN3O2. The van der Waals surface area contributed by atoms with Crippen LogP contribution in [-0.4, -0.2) is 22.8 Å². The highest BCUT2D eigenvalue weighted by Gasteiger charge is 2.35. The number of halogens is 1. The van der Waals surface area contributed by atoms with Crippen LogP contribution in [0.5, 0.6) is 0 Å². The fraction of sp³-hybridized carbons (Fsp3) is 0.250. The van der Waals surface area contributed by atoms with E-state index in [1.807, 2.05) is 67.6 Å². The number of benzene rings is 3. The van der Waals surface area contributed by atoms with Crippen molar-refractivity contribution < 1.29 is 14.0 Å². The van der Waals surface area contributed by atoms with Gasteiger partial charge in [0.05, 0.1) is 0 Å². The first kappa shape index (κ1) is 25.5. The van der Waals surface area contributed by atoms with Crippen molar-refractivity contribution in [3.63, 3.8) is 0 Å². The maximum Gasteiger partial charge on any atom is 0.275 e. The molecule has 1 aliphatic rings. The smallest absolute Gasteiger partial charge is 0.275 e. The van der Waals surface area contributed by atoms with Gasteiger partial charge in [-0.15, -0.1) is 0 Å². The minimum atomic E-state index is -0.977. The topological polar surface area (TPSA) is 65.2 Å². The quantitative estimate of drug-likeness (QED) is 0.283. The van der Waals surface area contributed by atoms with E-state index in [9.17, 15) is 14.0 Å². The second kappa shape index (κ2) is 11.5. The Morgan fingerprint density at radius 3 is 2.26 bits per heavy atom. The van der Waals surface area contributed by atoms with Gasteiger partial charge in [-0.05, 0) is 66.8 Å². The summed E-state index contributed by atoms with van der Waals surface area (Å²) < 4.78 is 13.9. The van der Waals surface area contributed by atoms with Gasteiger partial charge in [0.1, 0.15) is 17.6 Å². The third kappa shape index (κ3) is 5.54. The number of para-hydroxylation sites is 1. The van der Waals surface area contributed by atoms with Gasteiger partial charge < -0.3 is 10.3 Å². The molecule has 0 saturated heterocycles. The minimum absolute atomic E-state index is 0.0585. The standard InChI is InChI=1S/C32H32FN3O2/c1-22-10-8-9-15-29(22)36(32(38)28-21-20-27(35-28)23-11-4-2-5-12-23)30(24-16-18-25(33)19-17-24)31(37)34-26-13-6-3-7-14-26/h2,4-5,8-12,15-21,26,30,35H,3,6-7,13-14H2,1H3,(H,34,37)/t30-/m1/s1. The van der Waals surface area contributed by atoms with Crippen molar-refractivity contribution >= 4 is 17.5 Å². The van der Waals surface area contributed by atoms with Crippen LogP contribution in [0.25, 0.3) is 11.3 Å². The number of nitrogens with zero attached hydrogens (tertiary/aromatic N) is 1. The first-order valence-corrected chi connectivity index (χ1v) is 13.2. The van der Waals surface area contributed by atoms with Gasteiger partial charge >= 0.3 is 0 Å². The molecule has 0 radical (unpaired) electrons. The molecule has 0 spiro atoms. The molecule has 1 aromatic heterocycles. The number of carbonyl (C=O) groups excluding carboxylic acids is 2. The van der Waals surface area contributed by atoms with Crippen LogP contribution < -0.4 is 10.2 Å². The highest BCUT2D eigenvalue weighted by atomic mass is 19.1. The fourth-order valence-electron chi connectivity index (χ4n) is 5.22. The zero-order valence-corrected chi connectivity index (χ0v) is 21.5. The summed E-state index contributed by atoms with van der Waals surface area (Å²) >= 11 is 0.